The lowest BCUT2D eigenvalue weighted by atomic mass is 10.1. The first kappa shape index (κ1) is 18.7. The normalized spacial score (nSPS) is 23.2. The topological polar surface area (TPSA) is 70.7 Å². The number of likely N-dealkylation sites (tertiary alicyclic amines) is 1. The van der Waals surface area contributed by atoms with Crippen LogP contribution in [-0.4, -0.2) is 54.2 Å². The zero-order chi connectivity index (χ0) is 16.8. The number of ether oxygens (including phenoxy) is 1. The van der Waals surface area contributed by atoms with Gasteiger partial charge < -0.3 is 20.3 Å². The standard InChI is InChI=1S/C16H31N3O3/c1-12(18-15(21)22-16(3,4)5)10-17-9-8-14-7-6-13(2)19(14)11-20/h11-14,17H,6-10H2,1-5H3,(H,18,21). The minimum atomic E-state index is -0.477. The fourth-order valence-electron chi connectivity index (χ4n) is 2.72. The minimum Gasteiger partial charge on any atom is -0.444 e. The Morgan fingerprint density at radius 1 is 1.41 bits per heavy atom. The molecule has 1 rings (SSSR count). The second-order valence-electron chi connectivity index (χ2n) is 7.17. The Morgan fingerprint density at radius 2 is 2.09 bits per heavy atom. The summed E-state index contributed by atoms with van der Waals surface area (Å²) < 4.78 is 5.21. The summed E-state index contributed by atoms with van der Waals surface area (Å²) in [6, 6.07) is 0.698. The first-order valence-corrected chi connectivity index (χ1v) is 8.16. The van der Waals surface area contributed by atoms with Gasteiger partial charge in [-0.25, -0.2) is 4.79 Å². The molecule has 3 unspecified atom stereocenters. The molecule has 0 spiro atoms. The summed E-state index contributed by atoms with van der Waals surface area (Å²) in [5, 5.41) is 6.13. The second kappa shape index (κ2) is 8.36. The van der Waals surface area contributed by atoms with Gasteiger partial charge in [0.2, 0.25) is 6.41 Å². The van der Waals surface area contributed by atoms with E-state index in [4.69, 9.17) is 4.74 Å². The summed E-state index contributed by atoms with van der Waals surface area (Å²) in [6.45, 7) is 11.1. The lowest BCUT2D eigenvalue weighted by molar-refractivity contribution is -0.120. The minimum absolute atomic E-state index is 0.000439. The van der Waals surface area contributed by atoms with Crippen molar-refractivity contribution in [1.82, 2.24) is 15.5 Å². The highest BCUT2D eigenvalue weighted by atomic mass is 16.6. The van der Waals surface area contributed by atoms with Gasteiger partial charge in [-0.3, -0.25) is 4.79 Å². The van der Waals surface area contributed by atoms with E-state index in [1.165, 1.54) is 0 Å². The summed E-state index contributed by atoms with van der Waals surface area (Å²) in [6.07, 6.45) is 3.68. The second-order valence-corrected chi connectivity index (χ2v) is 7.17. The molecule has 0 bridgehead atoms. The van der Waals surface area contributed by atoms with E-state index in [1.807, 2.05) is 32.6 Å². The third-order valence-electron chi connectivity index (χ3n) is 3.84. The quantitative estimate of drug-likeness (QED) is 0.556. The zero-order valence-electron chi connectivity index (χ0n) is 14.5. The average Bonchev–Trinajstić information content (AvgIpc) is 2.72. The number of amides is 2. The Bertz CT molecular complexity index is 368. The van der Waals surface area contributed by atoms with Gasteiger partial charge in [0.05, 0.1) is 0 Å². The molecule has 128 valence electrons. The van der Waals surface area contributed by atoms with Crippen LogP contribution in [-0.2, 0) is 9.53 Å². The molecular formula is C16H31N3O3. The van der Waals surface area contributed by atoms with Crippen molar-refractivity contribution in [3.05, 3.63) is 0 Å². The van der Waals surface area contributed by atoms with Crippen molar-refractivity contribution in [2.45, 2.75) is 77.6 Å². The maximum Gasteiger partial charge on any atom is 0.407 e. The Kier molecular flexibility index (Phi) is 7.13. The Balaban J connectivity index is 2.16. The summed E-state index contributed by atoms with van der Waals surface area (Å²) in [4.78, 5) is 24.6. The van der Waals surface area contributed by atoms with Crippen LogP contribution in [0, 0.1) is 0 Å². The molecule has 0 aromatic heterocycles. The van der Waals surface area contributed by atoms with E-state index in [0.717, 1.165) is 32.2 Å². The third kappa shape index (κ3) is 6.64. The molecule has 0 aromatic carbocycles. The summed E-state index contributed by atoms with van der Waals surface area (Å²) in [5.41, 5.74) is -0.477. The molecule has 0 radical (unpaired) electrons. The van der Waals surface area contributed by atoms with Gasteiger partial charge in [0.15, 0.2) is 0 Å². The van der Waals surface area contributed by atoms with E-state index in [2.05, 4.69) is 17.6 Å². The molecule has 6 heteroatoms. The molecule has 1 aliphatic rings. The maximum absolute atomic E-state index is 11.6. The van der Waals surface area contributed by atoms with Gasteiger partial charge in [0.1, 0.15) is 5.60 Å². The SMILES string of the molecule is CC(CNCCC1CCC(C)N1C=O)NC(=O)OC(C)(C)C. The molecule has 0 aliphatic carbocycles. The maximum atomic E-state index is 11.6. The van der Waals surface area contributed by atoms with Crippen molar-refractivity contribution < 1.29 is 14.3 Å². The summed E-state index contributed by atoms with van der Waals surface area (Å²) in [5.74, 6) is 0. The number of nitrogens with zero attached hydrogens (tertiary/aromatic N) is 1. The van der Waals surface area contributed by atoms with Crippen LogP contribution in [0.5, 0.6) is 0 Å². The molecule has 22 heavy (non-hydrogen) atoms. The average molecular weight is 313 g/mol. The van der Waals surface area contributed by atoms with Gasteiger partial charge in [-0.05, 0) is 60.4 Å². The molecule has 1 saturated heterocycles. The summed E-state index contributed by atoms with van der Waals surface area (Å²) >= 11 is 0. The number of nitrogens with one attached hydrogen (secondary N) is 2. The van der Waals surface area contributed by atoms with Gasteiger partial charge in [-0.2, -0.15) is 0 Å². The molecule has 0 saturated carbocycles. The Hall–Kier alpha value is -1.30. The van der Waals surface area contributed by atoms with E-state index in [-0.39, 0.29) is 6.04 Å². The molecule has 0 aromatic rings. The highest BCUT2D eigenvalue weighted by molar-refractivity contribution is 5.68. The van der Waals surface area contributed by atoms with Crippen molar-refractivity contribution in [2.75, 3.05) is 13.1 Å². The first-order valence-electron chi connectivity index (χ1n) is 8.16. The zero-order valence-corrected chi connectivity index (χ0v) is 14.5. The van der Waals surface area contributed by atoms with Crippen molar-refractivity contribution in [1.29, 1.82) is 0 Å². The molecule has 1 heterocycles. The van der Waals surface area contributed by atoms with E-state index >= 15 is 0 Å². The number of alkyl carbamates (subject to hydrolysis) is 1. The summed E-state index contributed by atoms with van der Waals surface area (Å²) in [7, 11) is 0. The third-order valence-corrected chi connectivity index (χ3v) is 3.84. The molecule has 1 aliphatic heterocycles. The molecular weight excluding hydrogens is 282 g/mol. The Morgan fingerprint density at radius 3 is 2.68 bits per heavy atom. The predicted molar refractivity (Wildman–Crippen MR) is 86.7 cm³/mol. The smallest absolute Gasteiger partial charge is 0.407 e. The number of hydrogen-bond donors (Lipinski definition) is 2. The number of carbonyl (C=O) groups is 2. The molecule has 3 atom stereocenters. The van der Waals surface area contributed by atoms with Crippen LogP contribution in [0.3, 0.4) is 0 Å². The van der Waals surface area contributed by atoms with E-state index in [0.29, 0.717) is 18.6 Å². The number of rotatable bonds is 7. The largest absolute Gasteiger partial charge is 0.444 e. The van der Waals surface area contributed by atoms with Crippen molar-refractivity contribution in [2.24, 2.45) is 0 Å². The lowest BCUT2D eigenvalue weighted by Gasteiger charge is -2.24. The van der Waals surface area contributed by atoms with Crippen LogP contribution < -0.4 is 10.6 Å². The highest BCUT2D eigenvalue weighted by Gasteiger charge is 2.28. The fourth-order valence-corrected chi connectivity index (χ4v) is 2.72. The van der Waals surface area contributed by atoms with Crippen LogP contribution in [0.15, 0.2) is 0 Å². The van der Waals surface area contributed by atoms with Crippen LogP contribution in [0.4, 0.5) is 4.79 Å². The molecule has 2 amide bonds. The highest BCUT2D eigenvalue weighted by Crippen LogP contribution is 2.23. The van der Waals surface area contributed by atoms with Gasteiger partial charge >= 0.3 is 6.09 Å². The van der Waals surface area contributed by atoms with E-state index in [1.54, 1.807) is 0 Å². The van der Waals surface area contributed by atoms with Crippen molar-refractivity contribution in [3.63, 3.8) is 0 Å². The number of carbonyl (C=O) groups excluding carboxylic acids is 2. The van der Waals surface area contributed by atoms with Crippen LogP contribution in [0.25, 0.3) is 0 Å². The van der Waals surface area contributed by atoms with E-state index < -0.39 is 11.7 Å². The first-order chi connectivity index (χ1) is 10.2. The van der Waals surface area contributed by atoms with Crippen LogP contribution in [0.1, 0.15) is 53.9 Å². The van der Waals surface area contributed by atoms with Crippen LogP contribution >= 0.6 is 0 Å². The van der Waals surface area contributed by atoms with Crippen molar-refractivity contribution in [3.8, 4) is 0 Å². The molecule has 6 nitrogen and oxygen atoms in total. The van der Waals surface area contributed by atoms with Gasteiger partial charge in [0, 0.05) is 24.7 Å². The van der Waals surface area contributed by atoms with E-state index in [9.17, 15) is 9.59 Å². The molecule has 2 N–H and O–H groups in total. The van der Waals surface area contributed by atoms with Crippen molar-refractivity contribution >= 4 is 12.5 Å². The van der Waals surface area contributed by atoms with Crippen LogP contribution in [0.2, 0.25) is 0 Å². The monoisotopic (exact) mass is 313 g/mol. The van der Waals surface area contributed by atoms with Gasteiger partial charge in [0.25, 0.3) is 0 Å². The molecule has 1 fully saturated rings. The predicted octanol–water partition coefficient (Wildman–Crippen LogP) is 1.89. The van der Waals surface area contributed by atoms with Gasteiger partial charge in [-0.1, -0.05) is 0 Å². The number of hydrogen-bond acceptors (Lipinski definition) is 4. The van der Waals surface area contributed by atoms with Gasteiger partial charge in [-0.15, -0.1) is 0 Å². The Labute approximate surface area is 134 Å². The lowest BCUT2D eigenvalue weighted by Crippen LogP contribution is -2.43. The fraction of sp³-hybridized carbons (Fsp3) is 0.875.